The summed E-state index contributed by atoms with van der Waals surface area (Å²) in [6.07, 6.45) is 2.32. The number of carbonyl (C=O) groups excluding carboxylic acids is 1. The van der Waals surface area contributed by atoms with Crippen LogP contribution in [0.4, 0.5) is 4.39 Å². The molecule has 3 fully saturated rings. The molecule has 1 aromatic heterocycles. The van der Waals surface area contributed by atoms with E-state index in [1.165, 1.54) is 23.5 Å². The topological polar surface area (TPSA) is 32.3 Å². The second kappa shape index (κ2) is 5.28. The molecule has 122 valence electrons. The Morgan fingerprint density at radius 2 is 2.04 bits per heavy atom. The largest absolute Gasteiger partial charge is 0.346 e. The fourth-order valence-electron chi connectivity index (χ4n) is 4.22. The summed E-state index contributed by atoms with van der Waals surface area (Å²) in [4.78, 5) is 15.9. The van der Waals surface area contributed by atoms with Crippen molar-refractivity contribution < 1.29 is 9.18 Å². The first-order valence-corrected chi connectivity index (χ1v) is 9.02. The maximum absolute atomic E-state index is 13.3. The molecular weight excluding hydrogens is 311 g/mol. The highest BCUT2D eigenvalue weighted by Crippen LogP contribution is 2.39. The van der Waals surface area contributed by atoms with Crippen molar-refractivity contribution in [3.63, 3.8) is 0 Å². The zero-order valence-electron chi connectivity index (χ0n) is 13.4. The number of rotatable bonds is 2. The number of piperidine rings is 3. The second-order valence-electron chi connectivity index (χ2n) is 7.22. The van der Waals surface area contributed by atoms with Gasteiger partial charge in [0.15, 0.2) is 0 Å². The lowest BCUT2D eigenvalue weighted by atomic mass is 9.72. The molecule has 3 aliphatic rings. The van der Waals surface area contributed by atoms with Gasteiger partial charge in [0, 0.05) is 16.3 Å². The molecule has 0 aliphatic carbocycles. The van der Waals surface area contributed by atoms with Crippen molar-refractivity contribution in [2.45, 2.75) is 38.3 Å². The lowest BCUT2D eigenvalue weighted by Gasteiger charge is -2.56. The van der Waals surface area contributed by atoms with Gasteiger partial charge in [-0.05, 0) is 75.3 Å². The van der Waals surface area contributed by atoms with E-state index >= 15 is 0 Å². The first kappa shape index (κ1) is 15.1. The molecule has 3 saturated heterocycles. The van der Waals surface area contributed by atoms with E-state index in [1.807, 2.05) is 0 Å². The predicted molar refractivity (Wildman–Crippen MR) is 91.4 cm³/mol. The summed E-state index contributed by atoms with van der Waals surface area (Å²) >= 11 is 1.43. The Labute approximate surface area is 139 Å². The van der Waals surface area contributed by atoms with Crippen LogP contribution in [0.25, 0.3) is 10.1 Å². The third kappa shape index (κ3) is 2.46. The van der Waals surface area contributed by atoms with Crippen molar-refractivity contribution in [3.05, 3.63) is 35.0 Å². The quantitative estimate of drug-likeness (QED) is 0.910. The van der Waals surface area contributed by atoms with Gasteiger partial charge < -0.3 is 5.32 Å². The molecule has 0 saturated carbocycles. The summed E-state index contributed by atoms with van der Waals surface area (Å²) in [6, 6.07) is 6.65. The fourth-order valence-corrected chi connectivity index (χ4v) is 5.16. The average molecular weight is 332 g/mol. The molecule has 1 atom stereocenters. The van der Waals surface area contributed by atoms with Gasteiger partial charge in [0.25, 0.3) is 5.91 Å². The summed E-state index contributed by atoms with van der Waals surface area (Å²) < 4.78 is 14.3. The Kier molecular flexibility index (Phi) is 3.46. The van der Waals surface area contributed by atoms with Gasteiger partial charge in [-0.2, -0.15) is 0 Å². The molecule has 0 unspecified atom stereocenters. The molecule has 2 aromatic rings. The first-order chi connectivity index (χ1) is 10.9. The van der Waals surface area contributed by atoms with E-state index in [1.54, 1.807) is 12.1 Å². The highest BCUT2D eigenvalue weighted by molar-refractivity contribution is 7.20. The molecule has 4 heterocycles. The van der Waals surface area contributed by atoms with Crippen molar-refractivity contribution in [1.82, 2.24) is 10.2 Å². The van der Waals surface area contributed by atoms with Crippen molar-refractivity contribution >= 4 is 27.3 Å². The molecule has 3 aliphatic heterocycles. The number of benzene rings is 1. The number of nitrogens with one attached hydrogen (secondary N) is 1. The van der Waals surface area contributed by atoms with Gasteiger partial charge in [-0.3, -0.25) is 9.69 Å². The van der Waals surface area contributed by atoms with Gasteiger partial charge in [0.05, 0.1) is 4.88 Å². The Bertz CT molecular complexity index is 761. The van der Waals surface area contributed by atoms with Crippen molar-refractivity contribution in [1.29, 1.82) is 0 Å². The van der Waals surface area contributed by atoms with Crippen molar-refractivity contribution in [3.8, 4) is 0 Å². The third-order valence-corrected chi connectivity index (χ3v) is 6.69. The normalized spacial score (nSPS) is 28.9. The minimum atomic E-state index is -0.263. The summed E-state index contributed by atoms with van der Waals surface area (Å²) in [5.41, 5.74) is -0.000380. The highest BCUT2D eigenvalue weighted by atomic mass is 32.1. The van der Waals surface area contributed by atoms with Crippen LogP contribution in [0.15, 0.2) is 24.3 Å². The molecule has 23 heavy (non-hydrogen) atoms. The first-order valence-electron chi connectivity index (χ1n) is 8.20. The number of carbonyl (C=O) groups is 1. The van der Waals surface area contributed by atoms with Crippen LogP contribution in [-0.4, -0.2) is 35.5 Å². The number of hydrogen-bond donors (Lipinski definition) is 1. The van der Waals surface area contributed by atoms with E-state index in [0.29, 0.717) is 10.8 Å². The van der Waals surface area contributed by atoms with E-state index in [2.05, 4.69) is 24.1 Å². The predicted octanol–water partition coefficient (Wildman–Crippen LogP) is 3.64. The van der Waals surface area contributed by atoms with Crippen molar-refractivity contribution in [2.24, 2.45) is 5.92 Å². The van der Waals surface area contributed by atoms with Crippen LogP contribution in [-0.2, 0) is 0 Å². The number of halogens is 1. The SMILES string of the molecule is CC1(C)[C@H](NC(=O)c2cc3cc(F)ccc3s2)C2CCN1CC2. The van der Waals surface area contributed by atoms with E-state index in [4.69, 9.17) is 0 Å². The lowest BCUT2D eigenvalue weighted by Crippen LogP contribution is -2.69. The summed E-state index contributed by atoms with van der Waals surface area (Å²) in [5.74, 6) is 0.269. The standard InChI is InChI=1S/C18H21FN2OS/c1-18(2)16(11-5-7-21(18)8-6-11)20-17(22)15-10-12-9-13(19)3-4-14(12)23-15/h3-4,9-11,16H,5-8H2,1-2H3,(H,20,22)/t16-/m1/s1. The van der Waals surface area contributed by atoms with Crippen molar-refractivity contribution in [2.75, 3.05) is 13.1 Å². The number of thiophene rings is 1. The second-order valence-corrected chi connectivity index (χ2v) is 8.31. The maximum atomic E-state index is 13.3. The average Bonchev–Trinajstić information content (AvgIpc) is 2.94. The van der Waals surface area contributed by atoms with Gasteiger partial charge in [0.1, 0.15) is 5.82 Å². The Morgan fingerprint density at radius 3 is 2.74 bits per heavy atom. The number of fused-ring (bicyclic) bond motifs is 4. The Balaban J connectivity index is 1.59. The third-order valence-electron chi connectivity index (χ3n) is 5.58. The summed E-state index contributed by atoms with van der Waals surface area (Å²) in [5, 5.41) is 4.07. The van der Waals surface area contributed by atoms with Crippen LogP contribution in [0.2, 0.25) is 0 Å². The van der Waals surface area contributed by atoms with Crippen LogP contribution in [0.1, 0.15) is 36.4 Å². The monoisotopic (exact) mass is 332 g/mol. The molecular formula is C18H21FN2OS. The Hall–Kier alpha value is -1.46. The van der Waals surface area contributed by atoms with Gasteiger partial charge in [-0.15, -0.1) is 11.3 Å². The van der Waals surface area contributed by atoms with Gasteiger partial charge >= 0.3 is 0 Å². The zero-order valence-corrected chi connectivity index (χ0v) is 14.3. The minimum Gasteiger partial charge on any atom is -0.346 e. The van der Waals surface area contributed by atoms with Crippen LogP contribution in [0.5, 0.6) is 0 Å². The summed E-state index contributed by atoms with van der Waals surface area (Å²) in [7, 11) is 0. The molecule has 0 radical (unpaired) electrons. The maximum Gasteiger partial charge on any atom is 0.261 e. The molecule has 1 aromatic carbocycles. The molecule has 1 amide bonds. The molecule has 0 spiro atoms. The molecule has 3 nitrogen and oxygen atoms in total. The fraction of sp³-hybridized carbons (Fsp3) is 0.500. The smallest absolute Gasteiger partial charge is 0.261 e. The van der Waals surface area contributed by atoms with E-state index in [9.17, 15) is 9.18 Å². The molecule has 1 N–H and O–H groups in total. The number of hydrogen-bond acceptors (Lipinski definition) is 3. The van der Waals surface area contributed by atoms with Gasteiger partial charge in [0.2, 0.25) is 0 Å². The van der Waals surface area contributed by atoms with E-state index < -0.39 is 0 Å². The van der Waals surface area contributed by atoms with Crippen LogP contribution >= 0.6 is 11.3 Å². The number of amides is 1. The minimum absolute atomic E-state index is 0.000380. The molecule has 5 heteroatoms. The van der Waals surface area contributed by atoms with Crippen LogP contribution in [0.3, 0.4) is 0 Å². The van der Waals surface area contributed by atoms with Gasteiger partial charge in [-0.1, -0.05) is 0 Å². The van der Waals surface area contributed by atoms with Gasteiger partial charge in [-0.25, -0.2) is 4.39 Å². The van der Waals surface area contributed by atoms with Crippen LogP contribution < -0.4 is 5.32 Å². The number of nitrogens with zero attached hydrogens (tertiary/aromatic N) is 1. The lowest BCUT2D eigenvalue weighted by molar-refractivity contribution is -0.0377. The molecule has 2 bridgehead atoms. The zero-order chi connectivity index (χ0) is 16.2. The Morgan fingerprint density at radius 1 is 1.30 bits per heavy atom. The van der Waals surface area contributed by atoms with E-state index in [-0.39, 0.29) is 23.3 Å². The summed E-state index contributed by atoms with van der Waals surface area (Å²) in [6.45, 7) is 6.71. The molecule has 5 rings (SSSR count). The van der Waals surface area contributed by atoms with Crippen LogP contribution in [0, 0.1) is 11.7 Å². The highest BCUT2D eigenvalue weighted by Gasteiger charge is 2.48. The van der Waals surface area contributed by atoms with E-state index in [0.717, 1.165) is 36.0 Å².